The lowest BCUT2D eigenvalue weighted by Crippen LogP contribution is -2.49. The van der Waals surface area contributed by atoms with Crippen LogP contribution < -0.4 is 10.6 Å². The van der Waals surface area contributed by atoms with E-state index in [4.69, 9.17) is 0 Å². The van der Waals surface area contributed by atoms with Crippen LogP contribution in [-0.4, -0.2) is 29.2 Å². The van der Waals surface area contributed by atoms with E-state index >= 15 is 0 Å². The first-order chi connectivity index (χ1) is 9.56. The number of nitrogens with one attached hydrogen (secondary N) is 2. The minimum atomic E-state index is -1.03. The van der Waals surface area contributed by atoms with E-state index in [1.54, 1.807) is 0 Å². The number of carbonyl (C=O) groups excluding carboxylic acids is 1. The third kappa shape index (κ3) is 5.30. The Labute approximate surface area is 119 Å². The fourth-order valence-corrected chi connectivity index (χ4v) is 1.93. The number of hydrogen-bond acceptors (Lipinski definition) is 2. The van der Waals surface area contributed by atoms with Crippen molar-refractivity contribution < 1.29 is 14.7 Å². The van der Waals surface area contributed by atoms with Crippen molar-refractivity contribution in [1.29, 1.82) is 0 Å². The van der Waals surface area contributed by atoms with Gasteiger partial charge in [0.05, 0.1) is 0 Å². The third-order valence-corrected chi connectivity index (χ3v) is 3.21. The van der Waals surface area contributed by atoms with Crippen LogP contribution in [0.2, 0.25) is 0 Å². The number of carboxylic acid groups (broad SMARTS) is 1. The van der Waals surface area contributed by atoms with Gasteiger partial charge in [0.25, 0.3) is 0 Å². The molecule has 0 saturated heterocycles. The maximum atomic E-state index is 11.8. The molecule has 0 fully saturated rings. The molecular weight excluding hydrogens is 256 g/mol. The van der Waals surface area contributed by atoms with E-state index in [-0.39, 0.29) is 12.5 Å². The van der Waals surface area contributed by atoms with Gasteiger partial charge in [0, 0.05) is 12.5 Å². The molecule has 0 aliphatic heterocycles. The summed E-state index contributed by atoms with van der Waals surface area (Å²) in [5.41, 5.74) is 0.878. The van der Waals surface area contributed by atoms with E-state index in [1.807, 2.05) is 44.2 Å². The Bertz CT molecular complexity index is 430. The number of rotatable bonds is 7. The number of urea groups is 1. The molecule has 1 atom stereocenters. The molecule has 1 aromatic carbocycles. The molecule has 3 N–H and O–H groups in total. The minimum Gasteiger partial charge on any atom is -0.480 e. The van der Waals surface area contributed by atoms with Crippen molar-refractivity contribution >= 4 is 12.0 Å². The molecule has 5 heteroatoms. The molecule has 2 amide bonds. The lowest BCUT2D eigenvalue weighted by molar-refractivity contribution is -0.139. The Morgan fingerprint density at radius 2 is 1.70 bits per heavy atom. The molecule has 0 aliphatic carbocycles. The zero-order valence-electron chi connectivity index (χ0n) is 11.9. The van der Waals surface area contributed by atoms with E-state index in [2.05, 4.69) is 10.6 Å². The normalized spacial score (nSPS) is 11.9. The Morgan fingerprint density at radius 3 is 2.20 bits per heavy atom. The van der Waals surface area contributed by atoms with Gasteiger partial charge in [-0.15, -0.1) is 0 Å². The maximum Gasteiger partial charge on any atom is 0.326 e. The largest absolute Gasteiger partial charge is 0.480 e. The first-order valence-electron chi connectivity index (χ1n) is 6.90. The highest BCUT2D eigenvalue weighted by atomic mass is 16.4. The Morgan fingerprint density at radius 1 is 1.10 bits per heavy atom. The molecule has 0 aliphatic rings. The van der Waals surface area contributed by atoms with Crippen molar-refractivity contribution in [2.75, 3.05) is 0 Å². The Balaban J connectivity index is 2.59. The Hall–Kier alpha value is -2.04. The van der Waals surface area contributed by atoms with Crippen LogP contribution in [0.4, 0.5) is 4.79 Å². The van der Waals surface area contributed by atoms with Gasteiger partial charge >= 0.3 is 12.0 Å². The van der Waals surface area contributed by atoms with Crippen molar-refractivity contribution in [3.63, 3.8) is 0 Å². The highest BCUT2D eigenvalue weighted by molar-refractivity contribution is 5.82. The third-order valence-electron chi connectivity index (χ3n) is 3.21. The van der Waals surface area contributed by atoms with Gasteiger partial charge in [0.1, 0.15) is 6.04 Å². The summed E-state index contributed by atoms with van der Waals surface area (Å²) in [5, 5.41) is 14.5. The van der Waals surface area contributed by atoms with Crippen molar-refractivity contribution in [2.45, 2.75) is 45.2 Å². The second-order valence-corrected chi connectivity index (χ2v) is 4.71. The SMILES string of the molecule is CCC(CC)NC(=O)NC(Cc1ccccc1)C(=O)O. The van der Waals surface area contributed by atoms with Gasteiger partial charge in [-0.3, -0.25) is 0 Å². The van der Waals surface area contributed by atoms with Crippen LogP contribution in [0.3, 0.4) is 0 Å². The number of amides is 2. The fraction of sp³-hybridized carbons (Fsp3) is 0.467. The van der Waals surface area contributed by atoms with Crippen molar-refractivity contribution in [2.24, 2.45) is 0 Å². The topological polar surface area (TPSA) is 78.4 Å². The van der Waals surface area contributed by atoms with Crippen molar-refractivity contribution in [1.82, 2.24) is 10.6 Å². The monoisotopic (exact) mass is 278 g/mol. The minimum absolute atomic E-state index is 0.0705. The molecule has 1 rings (SSSR count). The summed E-state index contributed by atoms with van der Waals surface area (Å²) in [6, 6.07) is 7.96. The average Bonchev–Trinajstić information content (AvgIpc) is 2.45. The number of carbonyl (C=O) groups is 2. The van der Waals surface area contributed by atoms with Crippen LogP contribution in [0, 0.1) is 0 Å². The summed E-state index contributed by atoms with van der Waals surface area (Å²) in [5.74, 6) is -1.03. The molecule has 1 unspecified atom stereocenters. The number of aliphatic carboxylic acids is 1. The van der Waals surface area contributed by atoms with Gasteiger partial charge in [-0.25, -0.2) is 9.59 Å². The molecule has 0 spiro atoms. The molecule has 20 heavy (non-hydrogen) atoms. The first-order valence-corrected chi connectivity index (χ1v) is 6.90. The maximum absolute atomic E-state index is 11.8. The lowest BCUT2D eigenvalue weighted by Gasteiger charge is -2.19. The highest BCUT2D eigenvalue weighted by Crippen LogP contribution is 2.04. The fourth-order valence-electron chi connectivity index (χ4n) is 1.93. The van der Waals surface area contributed by atoms with E-state index in [9.17, 15) is 14.7 Å². The summed E-state index contributed by atoms with van der Waals surface area (Å²) in [4.78, 5) is 23.0. The summed E-state index contributed by atoms with van der Waals surface area (Å²) >= 11 is 0. The smallest absolute Gasteiger partial charge is 0.326 e. The van der Waals surface area contributed by atoms with Gasteiger partial charge < -0.3 is 15.7 Å². The van der Waals surface area contributed by atoms with Crippen LogP contribution in [-0.2, 0) is 11.2 Å². The van der Waals surface area contributed by atoms with Gasteiger partial charge in [0.2, 0.25) is 0 Å². The van der Waals surface area contributed by atoms with Gasteiger partial charge in [-0.05, 0) is 18.4 Å². The van der Waals surface area contributed by atoms with Gasteiger partial charge in [-0.2, -0.15) is 0 Å². The highest BCUT2D eigenvalue weighted by Gasteiger charge is 2.21. The lowest BCUT2D eigenvalue weighted by atomic mass is 10.1. The van der Waals surface area contributed by atoms with Crippen LogP contribution >= 0.6 is 0 Å². The van der Waals surface area contributed by atoms with E-state index in [1.165, 1.54) is 0 Å². The predicted molar refractivity (Wildman–Crippen MR) is 77.6 cm³/mol. The molecule has 0 heterocycles. The van der Waals surface area contributed by atoms with E-state index in [0.717, 1.165) is 18.4 Å². The second-order valence-electron chi connectivity index (χ2n) is 4.71. The number of carboxylic acids is 1. The van der Waals surface area contributed by atoms with E-state index in [0.29, 0.717) is 0 Å². The van der Waals surface area contributed by atoms with Crippen molar-refractivity contribution in [3.05, 3.63) is 35.9 Å². The summed E-state index contributed by atoms with van der Waals surface area (Å²) in [6.45, 7) is 3.96. The molecule has 0 bridgehead atoms. The van der Waals surface area contributed by atoms with Gasteiger partial charge in [0.15, 0.2) is 0 Å². The first kappa shape index (κ1) is 16.0. The van der Waals surface area contributed by atoms with E-state index < -0.39 is 18.0 Å². The molecule has 110 valence electrons. The molecule has 0 aromatic heterocycles. The number of benzene rings is 1. The van der Waals surface area contributed by atoms with Crippen molar-refractivity contribution in [3.8, 4) is 0 Å². The average molecular weight is 278 g/mol. The molecule has 5 nitrogen and oxygen atoms in total. The summed E-state index contributed by atoms with van der Waals surface area (Å²) < 4.78 is 0. The standard InChI is InChI=1S/C15H22N2O3/c1-3-12(4-2)16-15(20)17-13(14(18)19)10-11-8-6-5-7-9-11/h5-9,12-13H,3-4,10H2,1-2H3,(H,18,19)(H2,16,17,20). The predicted octanol–water partition coefficient (Wildman–Crippen LogP) is 2.17. The summed E-state index contributed by atoms with van der Waals surface area (Å²) in [7, 11) is 0. The van der Waals surface area contributed by atoms with Crippen LogP contribution in [0.25, 0.3) is 0 Å². The molecule has 1 aromatic rings. The van der Waals surface area contributed by atoms with Crippen LogP contribution in [0.5, 0.6) is 0 Å². The number of hydrogen-bond donors (Lipinski definition) is 3. The van der Waals surface area contributed by atoms with Crippen LogP contribution in [0.15, 0.2) is 30.3 Å². The zero-order valence-corrected chi connectivity index (χ0v) is 11.9. The summed E-state index contributed by atoms with van der Waals surface area (Å²) in [6.07, 6.45) is 1.91. The second kappa shape index (κ2) is 8.19. The quantitative estimate of drug-likeness (QED) is 0.715. The molecule has 0 radical (unpaired) electrons. The molecular formula is C15H22N2O3. The van der Waals surface area contributed by atoms with Crippen LogP contribution in [0.1, 0.15) is 32.3 Å². The van der Waals surface area contributed by atoms with Gasteiger partial charge in [-0.1, -0.05) is 44.2 Å². The Kier molecular flexibility index (Phi) is 6.56. The molecule has 0 saturated carbocycles. The zero-order chi connectivity index (χ0) is 15.0.